The fourth-order valence-electron chi connectivity index (χ4n) is 2.34. The predicted octanol–water partition coefficient (Wildman–Crippen LogP) is 3.74. The average molecular weight is 387 g/mol. The highest BCUT2D eigenvalue weighted by Crippen LogP contribution is 2.26. The summed E-state index contributed by atoms with van der Waals surface area (Å²) in [5.74, 6) is -0.206. The molecule has 0 saturated carbocycles. The van der Waals surface area contributed by atoms with Crippen molar-refractivity contribution in [2.45, 2.75) is 6.92 Å². The van der Waals surface area contributed by atoms with Gasteiger partial charge in [0, 0.05) is 22.2 Å². The second-order valence-electron chi connectivity index (χ2n) is 5.81. The van der Waals surface area contributed by atoms with E-state index in [4.69, 9.17) is 0 Å². The van der Waals surface area contributed by atoms with Crippen molar-refractivity contribution in [2.75, 3.05) is 16.3 Å². The lowest BCUT2D eigenvalue weighted by Gasteiger charge is -2.04. The molecule has 0 unspecified atom stereocenters. The Morgan fingerprint density at radius 1 is 1.12 bits per heavy atom. The summed E-state index contributed by atoms with van der Waals surface area (Å²) in [6.45, 7) is 1.93. The highest BCUT2D eigenvalue weighted by Gasteiger charge is 2.10. The minimum absolute atomic E-state index is 0.206. The van der Waals surface area contributed by atoms with Crippen molar-refractivity contribution in [1.29, 1.82) is 0 Å². The molecule has 0 spiro atoms. The van der Waals surface area contributed by atoms with Crippen LogP contribution < -0.4 is 10.0 Å². The molecule has 0 atom stereocenters. The minimum Gasteiger partial charge on any atom is -0.298 e. The Balaban J connectivity index is 1.72. The summed E-state index contributed by atoms with van der Waals surface area (Å²) in [6, 6.07) is 14.2. The Morgan fingerprint density at radius 3 is 2.50 bits per heavy atom. The van der Waals surface area contributed by atoms with Crippen LogP contribution in [0.1, 0.15) is 15.9 Å². The molecular weight excluding hydrogens is 370 g/mol. The first-order chi connectivity index (χ1) is 12.3. The summed E-state index contributed by atoms with van der Waals surface area (Å²) in [6.07, 6.45) is 1.10. The van der Waals surface area contributed by atoms with Crippen molar-refractivity contribution in [1.82, 2.24) is 4.98 Å². The molecule has 26 heavy (non-hydrogen) atoms. The number of aromatic nitrogens is 1. The van der Waals surface area contributed by atoms with Crippen LogP contribution in [0, 0.1) is 6.92 Å². The highest BCUT2D eigenvalue weighted by atomic mass is 32.2. The van der Waals surface area contributed by atoms with Gasteiger partial charge in [0.25, 0.3) is 5.91 Å². The van der Waals surface area contributed by atoms with Gasteiger partial charge in [0.15, 0.2) is 5.13 Å². The molecule has 1 amide bonds. The molecule has 134 valence electrons. The van der Waals surface area contributed by atoms with Crippen LogP contribution in [-0.2, 0) is 10.0 Å². The molecule has 1 heterocycles. The van der Waals surface area contributed by atoms with E-state index in [1.807, 2.05) is 30.5 Å². The molecule has 8 heteroatoms. The van der Waals surface area contributed by atoms with Crippen LogP contribution in [0.2, 0.25) is 0 Å². The average Bonchev–Trinajstić information content (AvgIpc) is 3.02. The molecule has 2 aromatic carbocycles. The monoisotopic (exact) mass is 387 g/mol. The van der Waals surface area contributed by atoms with Crippen LogP contribution in [0.3, 0.4) is 0 Å². The maximum Gasteiger partial charge on any atom is 0.257 e. The normalized spacial score (nSPS) is 11.2. The molecule has 0 saturated heterocycles. The molecule has 0 radical (unpaired) electrons. The number of aryl methyl sites for hydroxylation is 1. The largest absolute Gasteiger partial charge is 0.298 e. The third-order valence-corrected chi connectivity index (χ3v) is 4.85. The van der Waals surface area contributed by atoms with Crippen molar-refractivity contribution >= 4 is 38.1 Å². The van der Waals surface area contributed by atoms with E-state index >= 15 is 0 Å². The second-order valence-corrected chi connectivity index (χ2v) is 8.42. The van der Waals surface area contributed by atoms with E-state index in [-0.39, 0.29) is 5.91 Å². The maximum atomic E-state index is 12.3. The van der Waals surface area contributed by atoms with E-state index in [9.17, 15) is 13.2 Å². The summed E-state index contributed by atoms with van der Waals surface area (Å²) in [5, 5.41) is 5.14. The van der Waals surface area contributed by atoms with Crippen molar-refractivity contribution in [3.05, 3.63) is 65.0 Å². The number of thiazole rings is 1. The number of benzene rings is 2. The number of sulfonamides is 1. The number of carbonyl (C=O) groups is 1. The van der Waals surface area contributed by atoms with Gasteiger partial charge in [0.05, 0.1) is 11.9 Å². The van der Waals surface area contributed by atoms with E-state index in [1.165, 1.54) is 11.3 Å². The number of nitrogens with one attached hydrogen (secondary N) is 2. The molecule has 6 nitrogen and oxygen atoms in total. The molecule has 3 aromatic rings. The SMILES string of the molecule is Cc1cccc(C(=O)Nc2nc(-c3ccc(NS(C)(=O)=O)cc3)cs2)c1. The molecule has 1 aromatic heterocycles. The first-order valence-electron chi connectivity index (χ1n) is 7.72. The first-order valence-corrected chi connectivity index (χ1v) is 10.5. The number of hydrogen-bond acceptors (Lipinski definition) is 5. The van der Waals surface area contributed by atoms with Gasteiger partial charge in [-0.1, -0.05) is 29.8 Å². The van der Waals surface area contributed by atoms with E-state index < -0.39 is 10.0 Å². The van der Waals surface area contributed by atoms with Crippen LogP contribution in [0.15, 0.2) is 53.9 Å². The number of rotatable bonds is 5. The van der Waals surface area contributed by atoms with Gasteiger partial charge >= 0.3 is 0 Å². The Hall–Kier alpha value is -2.71. The zero-order chi connectivity index (χ0) is 18.7. The maximum absolute atomic E-state index is 12.3. The van der Waals surface area contributed by atoms with Gasteiger partial charge in [-0.2, -0.15) is 0 Å². The van der Waals surface area contributed by atoms with Gasteiger partial charge in [0.1, 0.15) is 0 Å². The number of carbonyl (C=O) groups excluding carboxylic acids is 1. The molecular formula is C18H17N3O3S2. The summed E-state index contributed by atoms with van der Waals surface area (Å²) >= 11 is 1.33. The quantitative estimate of drug-likeness (QED) is 0.698. The third-order valence-electron chi connectivity index (χ3n) is 3.49. The van der Waals surface area contributed by atoms with E-state index in [1.54, 1.807) is 30.3 Å². The molecule has 0 bridgehead atoms. The van der Waals surface area contributed by atoms with Gasteiger partial charge in [-0.05, 0) is 31.2 Å². The molecule has 0 aliphatic carbocycles. The number of anilines is 2. The fourth-order valence-corrected chi connectivity index (χ4v) is 3.62. The third kappa shape index (κ3) is 4.68. The molecule has 2 N–H and O–H groups in total. The van der Waals surface area contributed by atoms with Crippen molar-refractivity contribution in [3.8, 4) is 11.3 Å². The zero-order valence-corrected chi connectivity index (χ0v) is 15.8. The van der Waals surface area contributed by atoms with Crippen molar-refractivity contribution < 1.29 is 13.2 Å². The number of amides is 1. The van der Waals surface area contributed by atoms with Crippen LogP contribution in [0.25, 0.3) is 11.3 Å². The van der Waals surface area contributed by atoms with E-state index in [0.717, 1.165) is 17.4 Å². The van der Waals surface area contributed by atoms with Gasteiger partial charge in [-0.15, -0.1) is 11.3 Å². The minimum atomic E-state index is -3.30. The first kappa shape index (κ1) is 18.1. The molecule has 3 rings (SSSR count). The molecule has 0 aliphatic heterocycles. The highest BCUT2D eigenvalue weighted by molar-refractivity contribution is 7.92. The summed E-state index contributed by atoms with van der Waals surface area (Å²) in [7, 11) is -3.30. The second kappa shape index (κ2) is 7.27. The van der Waals surface area contributed by atoms with Gasteiger partial charge in [0.2, 0.25) is 10.0 Å². The van der Waals surface area contributed by atoms with Gasteiger partial charge < -0.3 is 0 Å². The Labute approximate surface area is 156 Å². The van der Waals surface area contributed by atoms with Gasteiger partial charge in [-0.3, -0.25) is 14.8 Å². The van der Waals surface area contributed by atoms with E-state index in [2.05, 4.69) is 15.0 Å². The fraction of sp³-hybridized carbons (Fsp3) is 0.111. The molecule has 0 aliphatic rings. The zero-order valence-electron chi connectivity index (χ0n) is 14.2. The lowest BCUT2D eigenvalue weighted by Crippen LogP contribution is -2.11. The summed E-state index contributed by atoms with van der Waals surface area (Å²) < 4.78 is 24.9. The summed E-state index contributed by atoms with van der Waals surface area (Å²) in [5.41, 5.74) is 3.62. The van der Waals surface area contributed by atoms with Crippen LogP contribution in [-0.4, -0.2) is 25.6 Å². The van der Waals surface area contributed by atoms with E-state index in [0.29, 0.717) is 22.1 Å². The predicted molar refractivity (Wildman–Crippen MR) is 105 cm³/mol. The van der Waals surface area contributed by atoms with Gasteiger partial charge in [-0.25, -0.2) is 13.4 Å². The number of nitrogens with zero attached hydrogens (tertiary/aromatic N) is 1. The van der Waals surface area contributed by atoms with Crippen LogP contribution in [0.4, 0.5) is 10.8 Å². The smallest absolute Gasteiger partial charge is 0.257 e. The lowest BCUT2D eigenvalue weighted by molar-refractivity contribution is 0.102. The molecule has 0 fully saturated rings. The number of hydrogen-bond donors (Lipinski definition) is 2. The van der Waals surface area contributed by atoms with Crippen LogP contribution in [0.5, 0.6) is 0 Å². The van der Waals surface area contributed by atoms with Crippen molar-refractivity contribution in [2.24, 2.45) is 0 Å². The topological polar surface area (TPSA) is 88.2 Å². The summed E-state index contributed by atoms with van der Waals surface area (Å²) in [4.78, 5) is 16.7. The van der Waals surface area contributed by atoms with Crippen LogP contribution >= 0.6 is 11.3 Å². The Bertz CT molecular complexity index is 1040. The standard InChI is InChI=1S/C18H17N3O3S2/c1-12-4-3-5-14(10-12)17(22)20-18-19-16(11-25-18)13-6-8-15(9-7-13)21-26(2,23)24/h3-11,21H,1-2H3,(H,19,20,22). The lowest BCUT2D eigenvalue weighted by atomic mass is 10.1. The van der Waals surface area contributed by atoms with Crippen molar-refractivity contribution in [3.63, 3.8) is 0 Å². The Kier molecular flexibility index (Phi) is 5.06. The Morgan fingerprint density at radius 2 is 1.85 bits per heavy atom.